The second-order valence-electron chi connectivity index (χ2n) is 6.02. The Hall–Kier alpha value is -1.56. The molecule has 0 aliphatic carbocycles. The number of likely N-dealkylation sites (N-methyl/N-ethyl adjacent to an activating group) is 1. The molecule has 4 nitrogen and oxygen atoms in total. The summed E-state index contributed by atoms with van der Waals surface area (Å²) in [5, 5.41) is 10.00. The van der Waals surface area contributed by atoms with Crippen molar-refractivity contribution in [2.24, 2.45) is 0 Å². The third-order valence-corrected chi connectivity index (χ3v) is 4.42. The Balaban J connectivity index is 1.71. The fraction of sp³-hybridized carbons (Fsp3) is 0.471. The van der Waals surface area contributed by atoms with E-state index >= 15 is 0 Å². The smallest absolute Gasteiger partial charge is 0.123 e. The minimum Gasteiger partial charge on any atom is -0.396 e. The standard InChI is InChI=1S/C17H22FN3O/c1-20-7-8-21(12-16(20)6-9-22)11-15-4-2-13-10-14(18)3-5-17(13)19-15/h2-5,10,16,22H,6-9,11-12H2,1H3/t16-/m1/s1. The third kappa shape index (κ3) is 3.43. The predicted octanol–water partition coefficient (Wildman–Crippen LogP) is 1.87. The van der Waals surface area contributed by atoms with Gasteiger partial charge in [-0.25, -0.2) is 4.39 Å². The minimum absolute atomic E-state index is 0.225. The molecule has 1 atom stereocenters. The van der Waals surface area contributed by atoms with Crippen LogP contribution < -0.4 is 0 Å². The zero-order valence-corrected chi connectivity index (χ0v) is 12.9. The number of piperazine rings is 1. The van der Waals surface area contributed by atoms with Crippen molar-refractivity contribution in [1.82, 2.24) is 14.8 Å². The van der Waals surface area contributed by atoms with Crippen molar-refractivity contribution in [3.05, 3.63) is 41.8 Å². The molecule has 0 spiro atoms. The molecule has 1 N–H and O–H groups in total. The van der Waals surface area contributed by atoms with E-state index in [0.29, 0.717) is 6.04 Å². The summed E-state index contributed by atoms with van der Waals surface area (Å²) in [5.74, 6) is -0.229. The van der Waals surface area contributed by atoms with Gasteiger partial charge in [0.1, 0.15) is 5.82 Å². The number of rotatable bonds is 4. The molecule has 0 unspecified atom stereocenters. The summed E-state index contributed by atoms with van der Waals surface area (Å²) in [6.07, 6.45) is 0.803. The molecule has 0 saturated carbocycles. The van der Waals surface area contributed by atoms with Crippen LogP contribution in [0, 0.1) is 5.82 Å². The lowest BCUT2D eigenvalue weighted by atomic mass is 10.1. The van der Waals surface area contributed by atoms with Crippen LogP contribution in [0.15, 0.2) is 30.3 Å². The summed E-state index contributed by atoms with van der Waals surface area (Å²) < 4.78 is 13.2. The highest BCUT2D eigenvalue weighted by Gasteiger charge is 2.23. The Kier molecular flexibility index (Phi) is 4.66. The molecular weight excluding hydrogens is 281 g/mol. The van der Waals surface area contributed by atoms with E-state index in [9.17, 15) is 4.39 Å². The molecule has 2 heterocycles. The van der Waals surface area contributed by atoms with Crippen molar-refractivity contribution in [3.63, 3.8) is 0 Å². The second-order valence-corrected chi connectivity index (χ2v) is 6.02. The fourth-order valence-electron chi connectivity index (χ4n) is 3.07. The molecule has 1 aromatic carbocycles. The number of fused-ring (bicyclic) bond motifs is 1. The first-order chi connectivity index (χ1) is 10.7. The van der Waals surface area contributed by atoms with Crippen molar-refractivity contribution in [1.29, 1.82) is 0 Å². The quantitative estimate of drug-likeness (QED) is 0.936. The number of hydrogen-bond donors (Lipinski definition) is 1. The number of aliphatic hydroxyl groups is 1. The van der Waals surface area contributed by atoms with E-state index in [2.05, 4.69) is 21.8 Å². The number of pyridine rings is 1. The summed E-state index contributed by atoms with van der Waals surface area (Å²) in [6.45, 7) is 3.97. The normalized spacial score (nSPS) is 20.6. The van der Waals surface area contributed by atoms with Crippen LogP contribution in [0.5, 0.6) is 0 Å². The van der Waals surface area contributed by atoms with Crippen molar-refractivity contribution in [3.8, 4) is 0 Å². The van der Waals surface area contributed by atoms with Gasteiger partial charge in [0, 0.05) is 44.2 Å². The van der Waals surface area contributed by atoms with Gasteiger partial charge in [0.25, 0.3) is 0 Å². The van der Waals surface area contributed by atoms with Gasteiger partial charge >= 0.3 is 0 Å². The van der Waals surface area contributed by atoms with Crippen LogP contribution in [0.2, 0.25) is 0 Å². The zero-order chi connectivity index (χ0) is 15.5. The van der Waals surface area contributed by atoms with Crippen LogP contribution in [-0.4, -0.2) is 59.2 Å². The largest absolute Gasteiger partial charge is 0.396 e. The van der Waals surface area contributed by atoms with Gasteiger partial charge in [-0.15, -0.1) is 0 Å². The number of aliphatic hydroxyl groups excluding tert-OH is 1. The minimum atomic E-state index is -0.229. The lowest BCUT2D eigenvalue weighted by Crippen LogP contribution is -2.51. The Labute approximate surface area is 130 Å². The first-order valence-corrected chi connectivity index (χ1v) is 7.74. The summed E-state index contributed by atoms with van der Waals surface area (Å²) in [7, 11) is 2.11. The molecular formula is C17H22FN3O. The maximum Gasteiger partial charge on any atom is 0.123 e. The lowest BCUT2D eigenvalue weighted by Gasteiger charge is -2.39. The maximum atomic E-state index is 13.2. The van der Waals surface area contributed by atoms with Gasteiger partial charge in [-0.1, -0.05) is 6.07 Å². The maximum absolute atomic E-state index is 13.2. The van der Waals surface area contributed by atoms with Crippen LogP contribution in [0.3, 0.4) is 0 Å². The van der Waals surface area contributed by atoms with Crippen LogP contribution in [0.1, 0.15) is 12.1 Å². The molecule has 2 aromatic rings. The number of hydrogen-bond acceptors (Lipinski definition) is 4. The Morgan fingerprint density at radius 3 is 2.95 bits per heavy atom. The SMILES string of the molecule is CN1CCN(Cc2ccc3cc(F)ccc3n2)C[C@H]1CCO. The van der Waals surface area contributed by atoms with Crippen molar-refractivity contribution < 1.29 is 9.50 Å². The van der Waals surface area contributed by atoms with E-state index in [-0.39, 0.29) is 12.4 Å². The van der Waals surface area contributed by atoms with Gasteiger partial charge in [-0.2, -0.15) is 0 Å². The molecule has 1 saturated heterocycles. The number of halogens is 1. The fourth-order valence-corrected chi connectivity index (χ4v) is 3.07. The van der Waals surface area contributed by atoms with E-state index in [1.807, 2.05) is 12.1 Å². The van der Waals surface area contributed by atoms with Crippen molar-refractivity contribution in [2.45, 2.75) is 19.0 Å². The molecule has 0 amide bonds. The van der Waals surface area contributed by atoms with E-state index in [1.165, 1.54) is 12.1 Å². The van der Waals surface area contributed by atoms with E-state index in [0.717, 1.165) is 49.2 Å². The third-order valence-electron chi connectivity index (χ3n) is 4.42. The van der Waals surface area contributed by atoms with E-state index in [1.54, 1.807) is 6.07 Å². The molecule has 1 fully saturated rings. The Bertz CT molecular complexity index is 649. The van der Waals surface area contributed by atoms with Crippen LogP contribution in [-0.2, 0) is 6.54 Å². The molecule has 3 rings (SSSR count). The summed E-state index contributed by atoms with van der Waals surface area (Å²) in [5.41, 5.74) is 1.84. The molecule has 1 aliphatic heterocycles. The number of nitrogens with zero attached hydrogens (tertiary/aromatic N) is 3. The first-order valence-electron chi connectivity index (χ1n) is 7.74. The van der Waals surface area contributed by atoms with Gasteiger partial charge < -0.3 is 10.0 Å². The average Bonchev–Trinajstić information content (AvgIpc) is 2.51. The lowest BCUT2D eigenvalue weighted by molar-refractivity contribution is 0.0736. The average molecular weight is 303 g/mol. The molecule has 1 aromatic heterocycles. The van der Waals surface area contributed by atoms with Crippen LogP contribution in [0.25, 0.3) is 10.9 Å². The number of benzene rings is 1. The first kappa shape index (κ1) is 15.3. The monoisotopic (exact) mass is 303 g/mol. The molecule has 5 heteroatoms. The van der Waals surface area contributed by atoms with E-state index in [4.69, 9.17) is 5.11 Å². The highest BCUT2D eigenvalue weighted by molar-refractivity contribution is 5.78. The summed E-state index contributed by atoms with van der Waals surface area (Å²) >= 11 is 0. The van der Waals surface area contributed by atoms with Gasteiger partial charge in [0.15, 0.2) is 0 Å². The van der Waals surface area contributed by atoms with Crippen LogP contribution >= 0.6 is 0 Å². The van der Waals surface area contributed by atoms with Gasteiger partial charge in [0.05, 0.1) is 11.2 Å². The molecule has 118 valence electrons. The zero-order valence-electron chi connectivity index (χ0n) is 12.9. The predicted molar refractivity (Wildman–Crippen MR) is 85.1 cm³/mol. The highest BCUT2D eigenvalue weighted by atomic mass is 19.1. The highest BCUT2D eigenvalue weighted by Crippen LogP contribution is 2.17. The number of aromatic nitrogens is 1. The van der Waals surface area contributed by atoms with Gasteiger partial charge in [-0.3, -0.25) is 9.88 Å². The van der Waals surface area contributed by atoms with Gasteiger partial charge in [-0.05, 0) is 37.7 Å². The van der Waals surface area contributed by atoms with E-state index < -0.39 is 0 Å². The Morgan fingerprint density at radius 1 is 1.27 bits per heavy atom. The molecule has 0 bridgehead atoms. The molecule has 22 heavy (non-hydrogen) atoms. The second kappa shape index (κ2) is 6.69. The van der Waals surface area contributed by atoms with Crippen molar-refractivity contribution >= 4 is 10.9 Å². The van der Waals surface area contributed by atoms with Crippen LogP contribution in [0.4, 0.5) is 4.39 Å². The van der Waals surface area contributed by atoms with Gasteiger partial charge in [0.2, 0.25) is 0 Å². The summed E-state index contributed by atoms with van der Waals surface area (Å²) in [6, 6.07) is 9.00. The molecule has 0 radical (unpaired) electrons. The Morgan fingerprint density at radius 2 is 2.14 bits per heavy atom. The summed E-state index contributed by atoms with van der Waals surface area (Å²) in [4.78, 5) is 9.31. The molecule has 1 aliphatic rings. The topological polar surface area (TPSA) is 39.6 Å². The van der Waals surface area contributed by atoms with Crippen molar-refractivity contribution in [2.75, 3.05) is 33.3 Å².